The Morgan fingerprint density at radius 3 is 2.32 bits per heavy atom. The van der Waals surface area contributed by atoms with Crippen LogP contribution in [0, 0.1) is 0 Å². The SMILES string of the molecule is CC(C)Oc1ccccc1C[NH2+]Cc1ccccc1. The van der Waals surface area contributed by atoms with Gasteiger partial charge < -0.3 is 10.1 Å². The maximum absolute atomic E-state index is 5.83. The van der Waals surface area contributed by atoms with E-state index < -0.39 is 0 Å². The van der Waals surface area contributed by atoms with E-state index in [1.807, 2.05) is 12.1 Å². The number of ether oxygens (including phenoxy) is 1. The summed E-state index contributed by atoms with van der Waals surface area (Å²) in [6.07, 6.45) is 0.218. The van der Waals surface area contributed by atoms with Gasteiger partial charge in [0, 0.05) is 11.1 Å². The van der Waals surface area contributed by atoms with Gasteiger partial charge >= 0.3 is 0 Å². The molecule has 2 N–H and O–H groups in total. The van der Waals surface area contributed by atoms with Crippen molar-refractivity contribution < 1.29 is 10.1 Å². The number of quaternary nitrogens is 1. The highest BCUT2D eigenvalue weighted by molar-refractivity contribution is 5.32. The van der Waals surface area contributed by atoms with Crippen LogP contribution in [0.3, 0.4) is 0 Å². The maximum atomic E-state index is 5.83. The van der Waals surface area contributed by atoms with Crippen LogP contribution in [0.1, 0.15) is 25.0 Å². The van der Waals surface area contributed by atoms with Gasteiger partial charge in [0.15, 0.2) is 0 Å². The molecule has 2 aromatic carbocycles. The van der Waals surface area contributed by atoms with Crippen molar-refractivity contribution in [2.24, 2.45) is 0 Å². The molecule has 0 aromatic heterocycles. The fourth-order valence-corrected chi connectivity index (χ4v) is 2.05. The normalized spacial score (nSPS) is 10.7. The molecule has 0 atom stereocenters. The molecule has 0 aliphatic rings. The molecular formula is C17H22NO+. The number of benzene rings is 2. The molecule has 0 radical (unpaired) electrons. The quantitative estimate of drug-likeness (QED) is 0.845. The minimum atomic E-state index is 0.218. The van der Waals surface area contributed by atoms with E-state index in [1.54, 1.807) is 0 Å². The van der Waals surface area contributed by atoms with E-state index in [9.17, 15) is 0 Å². The molecule has 0 unspecified atom stereocenters. The molecule has 19 heavy (non-hydrogen) atoms. The molecule has 2 rings (SSSR count). The Morgan fingerprint density at radius 1 is 0.895 bits per heavy atom. The molecule has 0 fully saturated rings. The standard InChI is InChI=1S/C17H21NO/c1-14(2)19-17-11-7-6-10-16(17)13-18-12-15-8-4-3-5-9-15/h3-11,14,18H,12-13H2,1-2H3/p+1. The second-order valence-corrected chi connectivity index (χ2v) is 4.96. The van der Waals surface area contributed by atoms with Crippen LogP contribution in [0.4, 0.5) is 0 Å². The number of rotatable bonds is 6. The summed E-state index contributed by atoms with van der Waals surface area (Å²) in [5.74, 6) is 1.00. The minimum absolute atomic E-state index is 0.218. The van der Waals surface area contributed by atoms with Gasteiger partial charge in [-0.2, -0.15) is 0 Å². The molecule has 0 saturated carbocycles. The van der Waals surface area contributed by atoms with Crippen LogP contribution < -0.4 is 10.1 Å². The molecule has 0 saturated heterocycles. The molecule has 2 aromatic rings. The molecule has 2 nitrogen and oxygen atoms in total. The zero-order valence-electron chi connectivity index (χ0n) is 11.7. The fraction of sp³-hybridized carbons (Fsp3) is 0.294. The van der Waals surface area contributed by atoms with Gasteiger partial charge in [0.05, 0.1) is 6.10 Å². The first-order chi connectivity index (χ1) is 9.25. The first-order valence-corrected chi connectivity index (χ1v) is 6.86. The third-order valence-electron chi connectivity index (χ3n) is 2.92. The highest BCUT2D eigenvalue weighted by atomic mass is 16.5. The highest BCUT2D eigenvalue weighted by Crippen LogP contribution is 2.18. The second-order valence-electron chi connectivity index (χ2n) is 4.96. The lowest BCUT2D eigenvalue weighted by molar-refractivity contribution is -0.686. The summed E-state index contributed by atoms with van der Waals surface area (Å²) in [5.41, 5.74) is 2.61. The zero-order valence-corrected chi connectivity index (χ0v) is 11.7. The van der Waals surface area contributed by atoms with Crippen molar-refractivity contribution >= 4 is 0 Å². The highest BCUT2D eigenvalue weighted by Gasteiger charge is 2.06. The van der Waals surface area contributed by atoms with Crippen molar-refractivity contribution in [2.75, 3.05) is 0 Å². The predicted octanol–water partition coefficient (Wildman–Crippen LogP) is 2.74. The van der Waals surface area contributed by atoms with Crippen molar-refractivity contribution in [2.45, 2.75) is 33.0 Å². The monoisotopic (exact) mass is 256 g/mol. The molecule has 2 heteroatoms. The third-order valence-corrected chi connectivity index (χ3v) is 2.92. The fourth-order valence-electron chi connectivity index (χ4n) is 2.05. The van der Waals surface area contributed by atoms with E-state index in [0.717, 1.165) is 18.8 Å². The molecule has 0 aliphatic heterocycles. The summed E-state index contributed by atoms with van der Waals surface area (Å²) in [6, 6.07) is 18.8. The Morgan fingerprint density at radius 2 is 1.58 bits per heavy atom. The number of hydrogen-bond acceptors (Lipinski definition) is 1. The van der Waals surface area contributed by atoms with Crippen molar-refractivity contribution in [1.29, 1.82) is 0 Å². The molecule has 0 aliphatic carbocycles. The van der Waals surface area contributed by atoms with Crippen molar-refractivity contribution in [3.8, 4) is 5.75 Å². The van der Waals surface area contributed by atoms with E-state index >= 15 is 0 Å². The lowest BCUT2D eigenvalue weighted by atomic mass is 10.2. The van der Waals surface area contributed by atoms with Crippen LogP contribution in [0.5, 0.6) is 5.75 Å². The van der Waals surface area contributed by atoms with Gasteiger partial charge in [-0.1, -0.05) is 42.5 Å². The summed E-state index contributed by atoms with van der Waals surface area (Å²) in [5, 5.41) is 2.30. The first kappa shape index (κ1) is 13.6. The molecule has 0 spiro atoms. The van der Waals surface area contributed by atoms with Crippen molar-refractivity contribution in [3.05, 3.63) is 65.7 Å². The number of hydrogen-bond donors (Lipinski definition) is 1. The molecule has 100 valence electrons. The van der Waals surface area contributed by atoms with Crippen LogP contribution >= 0.6 is 0 Å². The zero-order chi connectivity index (χ0) is 13.5. The van der Waals surface area contributed by atoms with Gasteiger partial charge in [-0.25, -0.2) is 0 Å². The van der Waals surface area contributed by atoms with Gasteiger partial charge in [0.25, 0.3) is 0 Å². The van der Waals surface area contributed by atoms with E-state index in [4.69, 9.17) is 4.74 Å². The molecule has 0 bridgehead atoms. The Balaban J connectivity index is 1.92. The molecule has 0 heterocycles. The van der Waals surface area contributed by atoms with Crippen LogP contribution in [-0.2, 0) is 13.1 Å². The summed E-state index contributed by atoms with van der Waals surface area (Å²) < 4.78 is 5.83. The van der Waals surface area contributed by atoms with E-state index in [1.165, 1.54) is 11.1 Å². The summed E-state index contributed by atoms with van der Waals surface area (Å²) in [7, 11) is 0. The smallest absolute Gasteiger partial charge is 0.128 e. The van der Waals surface area contributed by atoms with Gasteiger partial charge in [0.2, 0.25) is 0 Å². The third kappa shape index (κ3) is 4.42. The van der Waals surface area contributed by atoms with Crippen LogP contribution in [-0.4, -0.2) is 6.10 Å². The van der Waals surface area contributed by atoms with Crippen molar-refractivity contribution in [3.63, 3.8) is 0 Å². The number of para-hydroxylation sites is 1. The van der Waals surface area contributed by atoms with E-state index in [-0.39, 0.29) is 6.10 Å². The summed E-state index contributed by atoms with van der Waals surface area (Å²) in [6.45, 7) is 6.06. The molecular weight excluding hydrogens is 234 g/mol. The first-order valence-electron chi connectivity index (χ1n) is 6.86. The Hall–Kier alpha value is -1.80. The minimum Gasteiger partial charge on any atom is -0.490 e. The van der Waals surface area contributed by atoms with Gasteiger partial charge in [-0.15, -0.1) is 0 Å². The lowest BCUT2D eigenvalue weighted by Crippen LogP contribution is -2.80. The summed E-state index contributed by atoms with van der Waals surface area (Å²) >= 11 is 0. The lowest BCUT2D eigenvalue weighted by Gasteiger charge is -2.13. The van der Waals surface area contributed by atoms with Crippen LogP contribution in [0.2, 0.25) is 0 Å². The topological polar surface area (TPSA) is 25.8 Å². The average Bonchev–Trinajstić information content (AvgIpc) is 2.41. The Labute approximate surface area is 115 Å². The Kier molecular flexibility index (Phi) is 4.99. The maximum Gasteiger partial charge on any atom is 0.128 e. The van der Waals surface area contributed by atoms with E-state index in [0.29, 0.717) is 0 Å². The summed E-state index contributed by atoms with van der Waals surface area (Å²) in [4.78, 5) is 0. The van der Waals surface area contributed by atoms with Gasteiger partial charge in [-0.3, -0.25) is 0 Å². The van der Waals surface area contributed by atoms with Gasteiger partial charge in [0.1, 0.15) is 18.8 Å². The second kappa shape index (κ2) is 6.95. The average molecular weight is 256 g/mol. The Bertz CT molecular complexity index is 494. The largest absolute Gasteiger partial charge is 0.490 e. The van der Waals surface area contributed by atoms with Crippen LogP contribution in [0.25, 0.3) is 0 Å². The number of nitrogens with two attached hydrogens (primary N) is 1. The van der Waals surface area contributed by atoms with Crippen LogP contribution in [0.15, 0.2) is 54.6 Å². The van der Waals surface area contributed by atoms with Gasteiger partial charge in [-0.05, 0) is 26.0 Å². The van der Waals surface area contributed by atoms with E-state index in [2.05, 4.69) is 61.6 Å². The molecule has 0 amide bonds. The predicted molar refractivity (Wildman–Crippen MR) is 78.0 cm³/mol. The van der Waals surface area contributed by atoms with Crippen molar-refractivity contribution in [1.82, 2.24) is 0 Å².